The predicted molar refractivity (Wildman–Crippen MR) is 197 cm³/mol. The van der Waals surface area contributed by atoms with E-state index in [4.69, 9.17) is 4.74 Å². The number of aromatic nitrogens is 2. The van der Waals surface area contributed by atoms with Crippen LogP contribution in [0.15, 0.2) is 103 Å². The van der Waals surface area contributed by atoms with E-state index in [-0.39, 0.29) is 24.3 Å². The highest BCUT2D eigenvalue weighted by Crippen LogP contribution is 2.18. The average Bonchev–Trinajstić information content (AvgIpc) is 3.47. The van der Waals surface area contributed by atoms with Crippen molar-refractivity contribution in [2.24, 2.45) is 0 Å². The number of methoxy groups -OCH3 is 1. The van der Waals surface area contributed by atoms with Crippen molar-refractivity contribution < 1.29 is 19.4 Å². The second-order valence-corrected chi connectivity index (χ2v) is 12.8. The lowest BCUT2D eigenvalue weighted by Gasteiger charge is -2.18. The Bertz CT molecular complexity index is 1850. The molecular weight excluding hydrogens is 626 g/mol. The van der Waals surface area contributed by atoms with Gasteiger partial charge in [0.15, 0.2) is 0 Å². The van der Waals surface area contributed by atoms with Gasteiger partial charge >= 0.3 is 0 Å². The Morgan fingerprint density at radius 3 is 2.28 bits per heavy atom. The van der Waals surface area contributed by atoms with E-state index in [0.29, 0.717) is 31.6 Å². The van der Waals surface area contributed by atoms with Crippen LogP contribution < -0.4 is 20.7 Å². The van der Waals surface area contributed by atoms with Crippen LogP contribution in [-0.2, 0) is 30.6 Å². The minimum absolute atomic E-state index is 0.0717. The van der Waals surface area contributed by atoms with Gasteiger partial charge in [-0.2, -0.15) is 0 Å². The number of aryl methyl sites for hydroxylation is 2. The number of hydrogen-bond acceptors (Lipinski definition) is 6. The molecule has 50 heavy (non-hydrogen) atoms. The highest BCUT2D eigenvalue weighted by atomic mass is 16.5. The third-order valence-corrected chi connectivity index (χ3v) is 8.75. The number of ether oxygens (including phenoxy) is 1. The maximum atomic E-state index is 12.8. The lowest BCUT2D eigenvalue weighted by molar-refractivity contribution is -0.120. The molecule has 0 radical (unpaired) electrons. The van der Waals surface area contributed by atoms with Gasteiger partial charge in [-0.1, -0.05) is 54.6 Å². The van der Waals surface area contributed by atoms with Crippen LogP contribution in [0.4, 0.5) is 0 Å². The standard InChI is InChI=1S/C41H47N5O4/c1-28(43-27-38(47)36-17-18-39(44-26-36)46-29(2)11-12-30(46)3)21-33-8-5-9-34(22-33)24-40(48)45-25-32-13-15-35(16-14-32)41(49)42-20-19-31-7-6-10-37(23-31)50-4/h5-18,22-23,26,28,38,43,47H,19-21,24-25,27H2,1-4H3,(H,42,49)(H,45,48). The highest BCUT2D eigenvalue weighted by molar-refractivity contribution is 5.94. The zero-order valence-corrected chi connectivity index (χ0v) is 29.3. The molecule has 0 saturated carbocycles. The molecule has 2 heterocycles. The zero-order chi connectivity index (χ0) is 35.5. The molecule has 2 atom stereocenters. The molecule has 9 heteroatoms. The SMILES string of the molecule is COc1cccc(CCNC(=O)c2ccc(CNC(=O)Cc3cccc(CC(C)NCC(O)c4ccc(-n5c(C)ccc5C)nc4)c3)cc2)c1. The lowest BCUT2D eigenvalue weighted by atomic mass is 10.0. The van der Waals surface area contributed by atoms with Crippen molar-refractivity contribution in [2.45, 2.75) is 58.7 Å². The van der Waals surface area contributed by atoms with Gasteiger partial charge in [0.2, 0.25) is 5.91 Å². The molecule has 2 aromatic heterocycles. The number of rotatable bonds is 16. The van der Waals surface area contributed by atoms with Crippen molar-refractivity contribution in [3.8, 4) is 11.6 Å². The van der Waals surface area contributed by atoms with E-state index >= 15 is 0 Å². The fraction of sp³-hybridized carbons (Fsp3) is 0.293. The molecule has 0 aliphatic carbocycles. The number of amides is 2. The second kappa shape index (κ2) is 17.4. The maximum absolute atomic E-state index is 12.8. The number of hydrogen-bond donors (Lipinski definition) is 4. The first kappa shape index (κ1) is 36.0. The van der Waals surface area contributed by atoms with Gasteiger partial charge in [0, 0.05) is 54.4 Å². The van der Waals surface area contributed by atoms with Crippen molar-refractivity contribution in [3.05, 3.63) is 148 Å². The Morgan fingerprint density at radius 2 is 1.56 bits per heavy atom. The molecule has 0 spiro atoms. The number of carbonyl (C=O) groups is 2. The lowest BCUT2D eigenvalue weighted by Crippen LogP contribution is -2.32. The minimum Gasteiger partial charge on any atom is -0.497 e. The fourth-order valence-corrected chi connectivity index (χ4v) is 5.95. The molecule has 0 fully saturated rings. The van der Waals surface area contributed by atoms with Gasteiger partial charge in [-0.25, -0.2) is 4.98 Å². The summed E-state index contributed by atoms with van der Waals surface area (Å²) in [7, 11) is 1.64. The maximum Gasteiger partial charge on any atom is 0.251 e. The van der Waals surface area contributed by atoms with Gasteiger partial charge in [0.1, 0.15) is 11.6 Å². The number of benzene rings is 3. The van der Waals surface area contributed by atoms with E-state index in [1.165, 1.54) is 0 Å². The van der Waals surface area contributed by atoms with Gasteiger partial charge in [0.25, 0.3) is 5.91 Å². The fourth-order valence-electron chi connectivity index (χ4n) is 5.95. The summed E-state index contributed by atoms with van der Waals surface area (Å²) in [6, 6.07) is 31.2. The number of aliphatic hydroxyl groups excluding tert-OH is 1. The molecule has 0 bridgehead atoms. The number of nitrogens with one attached hydrogen (secondary N) is 3. The van der Waals surface area contributed by atoms with Crippen molar-refractivity contribution >= 4 is 11.8 Å². The molecule has 0 saturated heterocycles. The van der Waals surface area contributed by atoms with E-state index in [1.54, 1.807) is 25.4 Å². The Kier molecular flexibility index (Phi) is 12.6. The summed E-state index contributed by atoms with van der Waals surface area (Å²) in [5.74, 6) is 1.43. The molecule has 0 aliphatic heterocycles. The van der Waals surface area contributed by atoms with Crippen LogP contribution in [0.2, 0.25) is 0 Å². The quantitative estimate of drug-likeness (QED) is 0.109. The smallest absolute Gasteiger partial charge is 0.251 e. The number of carbonyl (C=O) groups excluding carboxylic acids is 2. The van der Waals surface area contributed by atoms with Crippen molar-refractivity contribution in [2.75, 3.05) is 20.2 Å². The molecule has 5 aromatic rings. The number of nitrogens with zero attached hydrogens (tertiary/aromatic N) is 2. The Labute approximate surface area is 294 Å². The summed E-state index contributed by atoms with van der Waals surface area (Å²) in [5.41, 5.74) is 7.64. The van der Waals surface area contributed by atoms with E-state index in [9.17, 15) is 14.7 Å². The van der Waals surface area contributed by atoms with Crippen molar-refractivity contribution in [3.63, 3.8) is 0 Å². The van der Waals surface area contributed by atoms with Gasteiger partial charge < -0.3 is 30.4 Å². The molecular formula is C41H47N5O4. The van der Waals surface area contributed by atoms with E-state index in [2.05, 4.69) is 56.7 Å². The molecule has 3 aromatic carbocycles. The minimum atomic E-state index is -0.676. The largest absolute Gasteiger partial charge is 0.497 e. The third-order valence-electron chi connectivity index (χ3n) is 8.75. The normalized spacial score (nSPS) is 12.3. The van der Waals surface area contributed by atoms with Crippen LogP contribution in [0, 0.1) is 13.8 Å². The Balaban J connectivity index is 1.02. The topological polar surface area (TPSA) is 118 Å². The van der Waals surface area contributed by atoms with Gasteiger partial charge in [-0.05, 0) is 98.3 Å². The van der Waals surface area contributed by atoms with E-state index < -0.39 is 6.10 Å². The summed E-state index contributed by atoms with van der Waals surface area (Å²) in [6.07, 6.45) is 2.80. The first-order valence-corrected chi connectivity index (χ1v) is 17.1. The summed E-state index contributed by atoms with van der Waals surface area (Å²) in [5, 5.41) is 20.2. The van der Waals surface area contributed by atoms with Crippen LogP contribution in [0.1, 0.15) is 62.6 Å². The summed E-state index contributed by atoms with van der Waals surface area (Å²) in [6.45, 7) is 7.48. The van der Waals surface area contributed by atoms with Crippen LogP contribution in [0.25, 0.3) is 5.82 Å². The Morgan fingerprint density at radius 1 is 0.840 bits per heavy atom. The average molecular weight is 674 g/mol. The first-order chi connectivity index (χ1) is 24.2. The first-order valence-electron chi connectivity index (χ1n) is 17.1. The van der Waals surface area contributed by atoms with Crippen LogP contribution >= 0.6 is 0 Å². The molecule has 5 rings (SSSR count). The van der Waals surface area contributed by atoms with Gasteiger partial charge in [0.05, 0.1) is 19.6 Å². The third kappa shape index (κ3) is 10.1. The predicted octanol–water partition coefficient (Wildman–Crippen LogP) is 5.58. The number of pyridine rings is 1. The summed E-state index contributed by atoms with van der Waals surface area (Å²) in [4.78, 5) is 29.9. The van der Waals surface area contributed by atoms with Crippen molar-refractivity contribution in [1.82, 2.24) is 25.5 Å². The van der Waals surface area contributed by atoms with Crippen LogP contribution in [0.3, 0.4) is 0 Å². The summed E-state index contributed by atoms with van der Waals surface area (Å²) >= 11 is 0. The van der Waals surface area contributed by atoms with Gasteiger partial charge in [-0.15, -0.1) is 0 Å². The highest BCUT2D eigenvalue weighted by Gasteiger charge is 2.13. The second-order valence-electron chi connectivity index (χ2n) is 12.8. The zero-order valence-electron chi connectivity index (χ0n) is 29.3. The molecule has 9 nitrogen and oxygen atoms in total. The van der Waals surface area contributed by atoms with Gasteiger partial charge in [-0.3, -0.25) is 9.59 Å². The molecule has 4 N–H and O–H groups in total. The molecule has 0 aliphatic rings. The monoisotopic (exact) mass is 673 g/mol. The Hall–Kier alpha value is -5.25. The van der Waals surface area contributed by atoms with E-state index in [0.717, 1.165) is 57.2 Å². The number of aliphatic hydroxyl groups is 1. The molecule has 2 unspecified atom stereocenters. The van der Waals surface area contributed by atoms with E-state index in [1.807, 2.05) is 74.5 Å². The molecule has 260 valence electrons. The van der Waals surface area contributed by atoms with Crippen LogP contribution in [-0.4, -0.2) is 52.7 Å². The van der Waals surface area contributed by atoms with Crippen molar-refractivity contribution in [1.29, 1.82) is 0 Å². The summed E-state index contributed by atoms with van der Waals surface area (Å²) < 4.78 is 7.34. The van der Waals surface area contributed by atoms with Crippen LogP contribution in [0.5, 0.6) is 5.75 Å². The molecule has 2 amide bonds.